The van der Waals surface area contributed by atoms with Crippen molar-refractivity contribution in [3.05, 3.63) is 156 Å². The maximum Gasteiger partial charge on any atom is 0.120 e. The van der Waals surface area contributed by atoms with Crippen LogP contribution in [-0.4, -0.2) is 9.97 Å². The van der Waals surface area contributed by atoms with Crippen molar-refractivity contribution in [2.75, 3.05) is 0 Å². The van der Waals surface area contributed by atoms with E-state index < -0.39 is 0 Å². The standard InChI is InChI=1S/C24H22NO.C20H18N.Ir/c1-2-7-17(8-3-1)15-18-13-14-25-22(16-18)21-11-6-10-20-19-9-4-5-12-23(19)26-24(20)21;1-20(2,17-11-7-4-8-12-17)18-13-14-19(21-15-18)16-9-5-3-6-10-16;/h4-6,9-10,12-14,16-17H,1-3,7-8,15H2;3-9,11-15H,1-2H3;/q2*-1;. The molecule has 48 heavy (non-hydrogen) atoms. The third-order valence-corrected chi connectivity index (χ3v) is 9.63. The van der Waals surface area contributed by atoms with Gasteiger partial charge in [-0.05, 0) is 47.0 Å². The van der Waals surface area contributed by atoms with Crippen molar-refractivity contribution < 1.29 is 24.5 Å². The molecule has 0 unspecified atom stereocenters. The Balaban J connectivity index is 0.000000168. The van der Waals surface area contributed by atoms with Crippen LogP contribution in [0.3, 0.4) is 0 Å². The van der Waals surface area contributed by atoms with E-state index in [1.807, 2.05) is 60.9 Å². The molecule has 0 spiro atoms. The summed E-state index contributed by atoms with van der Waals surface area (Å²) in [5, 5.41) is 2.28. The first-order valence-corrected chi connectivity index (χ1v) is 16.8. The summed E-state index contributed by atoms with van der Waals surface area (Å²) in [6, 6.07) is 45.9. The van der Waals surface area contributed by atoms with Crippen LogP contribution in [0.1, 0.15) is 62.6 Å². The Morgan fingerprint density at radius 2 is 1.50 bits per heavy atom. The molecule has 0 amide bonds. The van der Waals surface area contributed by atoms with Crippen LogP contribution in [0.15, 0.2) is 132 Å². The molecule has 8 rings (SSSR count). The van der Waals surface area contributed by atoms with Gasteiger partial charge in [0.25, 0.3) is 0 Å². The summed E-state index contributed by atoms with van der Waals surface area (Å²) in [6.07, 6.45) is 12.0. The van der Waals surface area contributed by atoms with Gasteiger partial charge in [-0.3, -0.25) is 0 Å². The molecular formula is C44H40IrN2O-2. The van der Waals surface area contributed by atoms with Crippen molar-refractivity contribution in [3.8, 4) is 22.5 Å². The number of para-hydroxylation sites is 1. The minimum atomic E-state index is -0.0484. The fourth-order valence-electron chi connectivity index (χ4n) is 6.84. The molecule has 1 aliphatic rings. The Morgan fingerprint density at radius 1 is 0.708 bits per heavy atom. The van der Waals surface area contributed by atoms with Crippen LogP contribution in [0.2, 0.25) is 0 Å². The number of pyridine rings is 2. The van der Waals surface area contributed by atoms with E-state index in [9.17, 15) is 0 Å². The second kappa shape index (κ2) is 15.2. The quantitative estimate of drug-likeness (QED) is 0.157. The van der Waals surface area contributed by atoms with Crippen LogP contribution in [0.4, 0.5) is 0 Å². The fraction of sp³-hybridized carbons (Fsp3) is 0.227. The van der Waals surface area contributed by atoms with Crippen molar-refractivity contribution in [2.45, 2.75) is 57.8 Å². The van der Waals surface area contributed by atoms with Gasteiger partial charge in [-0.2, -0.15) is 0 Å². The zero-order chi connectivity index (χ0) is 32.1. The van der Waals surface area contributed by atoms with Gasteiger partial charge in [0.15, 0.2) is 0 Å². The molecule has 1 fully saturated rings. The van der Waals surface area contributed by atoms with E-state index in [0.717, 1.165) is 56.8 Å². The minimum Gasteiger partial charge on any atom is -0.501 e. The van der Waals surface area contributed by atoms with Crippen molar-refractivity contribution in [3.63, 3.8) is 0 Å². The molecule has 0 aliphatic heterocycles. The fourth-order valence-corrected chi connectivity index (χ4v) is 6.84. The van der Waals surface area contributed by atoms with Crippen molar-refractivity contribution in [1.82, 2.24) is 9.97 Å². The third kappa shape index (κ3) is 7.36. The minimum absolute atomic E-state index is 0. The van der Waals surface area contributed by atoms with Gasteiger partial charge in [-0.25, -0.2) is 0 Å². The summed E-state index contributed by atoms with van der Waals surface area (Å²) in [7, 11) is 0. The van der Waals surface area contributed by atoms with Gasteiger partial charge in [-0.1, -0.05) is 129 Å². The number of hydrogen-bond donors (Lipinski definition) is 0. The van der Waals surface area contributed by atoms with E-state index in [0.29, 0.717) is 0 Å². The molecule has 0 N–H and O–H groups in total. The smallest absolute Gasteiger partial charge is 0.120 e. The molecule has 1 aliphatic carbocycles. The predicted octanol–water partition coefficient (Wildman–Crippen LogP) is 11.4. The van der Waals surface area contributed by atoms with Gasteiger partial charge in [0.2, 0.25) is 0 Å². The van der Waals surface area contributed by atoms with E-state index >= 15 is 0 Å². The van der Waals surface area contributed by atoms with Gasteiger partial charge in [0.1, 0.15) is 5.58 Å². The van der Waals surface area contributed by atoms with Gasteiger partial charge >= 0.3 is 0 Å². The molecule has 1 radical (unpaired) electrons. The Labute approximate surface area is 297 Å². The van der Waals surface area contributed by atoms with E-state index in [-0.39, 0.29) is 25.5 Å². The van der Waals surface area contributed by atoms with Crippen molar-refractivity contribution in [1.29, 1.82) is 0 Å². The monoisotopic (exact) mass is 805 g/mol. The normalized spacial score (nSPS) is 13.5. The molecular weight excluding hydrogens is 765 g/mol. The maximum atomic E-state index is 6.16. The van der Waals surface area contributed by atoms with Gasteiger partial charge in [-0.15, -0.1) is 54.1 Å². The summed E-state index contributed by atoms with van der Waals surface area (Å²) in [5.74, 6) is 0.824. The maximum absolute atomic E-state index is 6.16. The number of aromatic nitrogens is 2. The Kier molecular flexibility index (Phi) is 10.6. The zero-order valence-corrected chi connectivity index (χ0v) is 30.0. The van der Waals surface area contributed by atoms with E-state index in [1.165, 1.54) is 48.8 Å². The topological polar surface area (TPSA) is 38.9 Å². The Bertz CT molecular complexity index is 2060. The molecule has 3 heterocycles. The summed E-state index contributed by atoms with van der Waals surface area (Å²) >= 11 is 0. The number of fused-ring (bicyclic) bond motifs is 3. The van der Waals surface area contributed by atoms with Crippen LogP contribution >= 0.6 is 0 Å². The number of nitrogens with zero attached hydrogens (tertiary/aromatic N) is 2. The molecule has 3 aromatic heterocycles. The Morgan fingerprint density at radius 3 is 2.27 bits per heavy atom. The molecule has 4 aromatic carbocycles. The molecule has 0 atom stereocenters. The number of rotatable bonds is 6. The van der Waals surface area contributed by atoms with E-state index in [2.05, 4.69) is 103 Å². The molecule has 0 saturated heterocycles. The SMILES string of the molecule is CC(C)(c1ccccc1)c1ccc(-c2[c-]cccc2)nc1.[Ir].[c-]1ccc2c(oc3ccccc32)c1-c1cc(CC2CCCCC2)ccn1. The first-order valence-electron chi connectivity index (χ1n) is 16.8. The average Bonchev–Trinajstić information content (AvgIpc) is 3.52. The van der Waals surface area contributed by atoms with Gasteiger partial charge in [0, 0.05) is 43.3 Å². The summed E-state index contributed by atoms with van der Waals surface area (Å²) in [6.45, 7) is 4.46. The van der Waals surface area contributed by atoms with Gasteiger partial charge in [0.05, 0.1) is 5.58 Å². The molecule has 4 heteroatoms. The second-order valence-electron chi connectivity index (χ2n) is 13.2. The Hall–Kier alpha value is -4.37. The van der Waals surface area contributed by atoms with Crippen LogP contribution in [-0.2, 0) is 31.9 Å². The number of hydrogen-bond acceptors (Lipinski definition) is 3. The third-order valence-electron chi connectivity index (χ3n) is 9.63. The summed E-state index contributed by atoms with van der Waals surface area (Å²) in [5.41, 5.74) is 9.56. The molecule has 0 bridgehead atoms. The first kappa shape index (κ1) is 33.5. The molecule has 7 aromatic rings. The molecule has 243 valence electrons. The van der Waals surface area contributed by atoms with Crippen molar-refractivity contribution in [2.24, 2.45) is 5.92 Å². The van der Waals surface area contributed by atoms with E-state index in [4.69, 9.17) is 4.42 Å². The zero-order valence-electron chi connectivity index (χ0n) is 27.6. The summed E-state index contributed by atoms with van der Waals surface area (Å²) < 4.78 is 6.16. The first-order chi connectivity index (χ1) is 23.1. The second-order valence-corrected chi connectivity index (χ2v) is 13.2. The van der Waals surface area contributed by atoms with Crippen molar-refractivity contribution >= 4 is 21.9 Å². The van der Waals surface area contributed by atoms with Crippen LogP contribution < -0.4 is 0 Å². The summed E-state index contributed by atoms with van der Waals surface area (Å²) in [4.78, 5) is 9.24. The largest absolute Gasteiger partial charge is 0.501 e. The predicted molar refractivity (Wildman–Crippen MR) is 193 cm³/mol. The molecule has 3 nitrogen and oxygen atoms in total. The van der Waals surface area contributed by atoms with Crippen LogP contribution in [0.5, 0.6) is 0 Å². The number of benzene rings is 4. The number of furan rings is 1. The van der Waals surface area contributed by atoms with E-state index in [1.54, 1.807) is 0 Å². The average molecular weight is 805 g/mol. The molecule has 1 saturated carbocycles. The van der Waals surface area contributed by atoms with Crippen LogP contribution in [0, 0.1) is 18.1 Å². The van der Waals surface area contributed by atoms with Gasteiger partial charge < -0.3 is 14.4 Å². The van der Waals surface area contributed by atoms with Crippen LogP contribution in [0.25, 0.3) is 44.5 Å².